The molecule has 0 unspecified atom stereocenters. The molecule has 1 rings (SSSR count). The number of nitrogens with zero attached hydrogens (tertiary/aromatic N) is 1. The Bertz CT molecular complexity index is 483. The summed E-state index contributed by atoms with van der Waals surface area (Å²) in [4.78, 5) is 0.979. The number of thiophene rings is 1. The summed E-state index contributed by atoms with van der Waals surface area (Å²) in [5.41, 5.74) is 5.47. The Labute approximate surface area is 119 Å². The van der Waals surface area contributed by atoms with Crippen LogP contribution in [0.15, 0.2) is 16.3 Å². The third-order valence-corrected chi connectivity index (χ3v) is 6.39. The van der Waals surface area contributed by atoms with Gasteiger partial charge in [0.05, 0.1) is 0 Å². The molecule has 0 amide bonds. The molecule has 0 aromatic carbocycles. The minimum Gasteiger partial charge on any atom is -0.396 e. The number of hydrogen-bond acceptors (Lipinski definition) is 5. The summed E-state index contributed by atoms with van der Waals surface area (Å²) in [7, 11) is -3.47. The lowest BCUT2D eigenvalue weighted by Crippen LogP contribution is -2.37. The van der Waals surface area contributed by atoms with Crippen LogP contribution in [0.5, 0.6) is 0 Å². The lowest BCUT2D eigenvalue weighted by Gasteiger charge is -2.24. The Balaban J connectivity index is 2.97. The molecule has 0 saturated carbocycles. The first kappa shape index (κ1) is 16.6. The topological polar surface area (TPSA) is 83.6 Å². The highest BCUT2D eigenvalue weighted by atomic mass is 32.2. The van der Waals surface area contributed by atoms with Gasteiger partial charge in [0, 0.05) is 24.1 Å². The Morgan fingerprint density at radius 3 is 2.63 bits per heavy atom. The van der Waals surface area contributed by atoms with E-state index in [1.165, 1.54) is 15.6 Å². The number of sulfonamides is 1. The molecule has 7 heteroatoms. The standard InChI is InChI=1S/C12H22N2O3S2/c1-10(2)14(8-3-9-15)19(16,17)12-5-4-11(18-12)6-7-13/h4-5,10,15H,3,6-9,13H2,1-2H3. The maximum absolute atomic E-state index is 12.5. The fourth-order valence-electron chi connectivity index (χ4n) is 1.77. The van der Waals surface area contributed by atoms with Crippen molar-refractivity contribution in [1.82, 2.24) is 4.31 Å². The van der Waals surface area contributed by atoms with E-state index in [0.717, 1.165) is 4.88 Å². The molecule has 0 bridgehead atoms. The molecule has 0 atom stereocenters. The first-order chi connectivity index (χ1) is 8.93. The smallest absolute Gasteiger partial charge is 0.252 e. The van der Waals surface area contributed by atoms with Crippen LogP contribution in [0.1, 0.15) is 25.1 Å². The molecule has 110 valence electrons. The predicted octanol–water partition coefficient (Wildman–Crippen LogP) is 1.03. The van der Waals surface area contributed by atoms with Gasteiger partial charge in [-0.05, 0) is 45.4 Å². The third-order valence-electron chi connectivity index (χ3n) is 2.70. The molecule has 0 fully saturated rings. The van der Waals surface area contributed by atoms with Crippen LogP contribution in [-0.2, 0) is 16.4 Å². The van der Waals surface area contributed by atoms with Crippen molar-refractivity contribution >= 4 is 21.4 Å². The molecular formula is C12H22N2O3S2. The van der Waals surface area contributed by atoms with Gasteiger partial charge in [0.2, 0.25) is 0 Å². The molecule has 0 aliphatic carbocycles. The summed E-state index contributed by atoms with van der Waals surface area (Å²) in [6, 6.07) is 3.32. The molecule has 3 N–H and O–H groups in total. The van der Waals surface area contributed by atoms with Gasteiger partial charge in [0.1, 0.15) is 4.21 Å². The Hall–Kier alpha value is -0.470. The van der Waals surface area contributed by atoms with Gasteiger partial charge in [0.25, 0.3) is 10.0 Å². The van der Waals surface area contributed by atoms with Crippen LogP contribution in [0.4, 0.5) is 0 Å². The van der Waals surface area contributed by atoms with E-state index in [4.69, 9.17) is 10.8 Å². The second-order valence-electron chi connectivity index (χ2n) is 4.55. The van der Waals surface area contributed by atoms with E-state index in [2.05, 4.69) is 0 Å². The number of hydrogen-bond donors (Lipinski definition) is 2. The van der Waals surface area contributed by atoms with Gasteiger partial charge in [-0.3, -0.25) is 0 Å². The van der Waals surface area contributed by atoms with Crippen molar-refractivity contribution in [3.05, 3.63) is 17.0 Å². The van der Waals surface area contributed by atoms with E-state index in [0.29, 0.717) is 30.1 Å². The van der Waals surface area contributed by atoms with E-state index >= 15 is 0 Å². The lowest BCUT2D eigenvalue weighted by atomic mass is 10.3. The van der Waals surface area contributed by atoms with Gasteiger partial charge in [0.15, 0.2) is 0 Å². The van der Waals surface area contributed by atoms with Crippen LogP contribution in [0.3, 0.4) is 0 Å². The van der Waals surface area contributed by atoms with Crippen molar-refractivity contribution in [3.63, 3.8) is 0 Å². The average Bonchev–Trinajstić information content (AvgIpc) is 2.78. The van der Waals surface area contributed by atoms with Crippen molar-refractivity contribution in [2.75, 3.05) is 19.7 Å². The molecule has 0 aliphatic heterocycles. The molecule has 0 radical (unpaired) electrons. The fourth-order valence-corrected chi connectivity index (χ4v) is 4.95. The van der Waals surface area contributed by atoms with Gasteiger partial charge in [-0.25, -0.2) is 8.42 Å². The van der Waals surface area contributed by atoms with Gasteiger partial charge in [-0.2, -0.15) is 4.31 Å². The predicted molar refractivity (Wildman–Crippen MR) is 77.8 cm³/mol. The van der Waals surface area contributed by atoms with Crippen LogP contribution in [0.25, 0.3) is 0 Å². The first-order valence-corrected chi connectivity index (χ1v) is 8.60. The highest BCUT2D eigenvalue weighted by molar-refractivity contribution is 7.91. The second kappa shape index (κ2) is 7.35. The van der Waals surface area contributed by atoms with E-state index in [1.807, 2.05) is 19.9 Å². The number of nitrogens with two attached hydrogens (primary N) is 1. The highest BCUT2D eigenvalue weighted by Gasteiger charge is 2.27. The van der Waals surface area contributed by atoms with Crippen LogP contribution in [0.2, 0.25) is 0 Å². The van der Waals surface area contributed by atoms with Crippen LogP contribution in [-0.4, -0.2) is 43.6 Å². The van der Waals surface area contributed by atoms with Crippen molar-refractivity contribution in [1.29, 1.82) is 0 Å². The number of rotatable bonds is 8. The molecule has 5 nitrogen and oxygen atoms in total. The highest BCUT2D eigenvalue weighted by Crippen LogP contribution is 2.26. The lowest BCUT2D eigenvalue weighted by molar-refractivity contribution is 0.258. The summed E-state index contributed by atoms with van der Waals surface area (Å²) in [5.74, 6) is 0. The minimum absolute atomic E-state index is 0.0123. The van der Waals surface area contributed by atoms with E-state index in [9.17, 15) is 8.42 Å². The normalized spacial score (nSPS) is 12.5. The molecule has 1 aromatic heterocycles. The summed E-state index contributed by atoms with van der Waals surface area (Å²) in [6.07, 6.45) is 1.14. The molecule has 19 heavy (non-hydrogen) atoms. The molecule has 1 heterocycles. The van der Waals surface area contributed by atoms with Crippen molar-refractivity contribution < 1.29 is 13.5 Å². The quantitative estimate of drug-likeness (QED) is 0.751. The number of aliphatic hydroxyl groups is 1. The Morgan fingerprint density at radius 1 is 1.42 bits per heavy atom. The molecule has 0 aliphatic rings. The van der Waals surface area contributed by atoms with Gasteiger partial charge >= 0.3 is 0 Å². The zero-order chi connectivity index (χ0) is 14.5. The third kappa shape index (κ3) is 4.25. The van der Waals surface area contributed by atoms with Crippen molar-refractivity contribution in [3.8, 4) is 0 Å². The zero-order valence-electron chi connectivity index (χ0n) is 11.4. The van der Waals surface area contributed by atoms with Crippen molar-refractivity contribution in [2.45, 2.75) is 36.9 Å². The van der Waals surface area contributed by atoms with Crippen LogP contribution in [0, 0.1) is 0 Å². The van der Waals surface area contributed by atoms with Gasteiger partial charge in [-0.15, -0.1) is 11.3 Å². The largest absolute Gasteiger partial charge is 0.396 e. The summed E-state index contributed by atoms with van der Waals surface area (Å²) >= 11 is 1.27. The summed E-state index contributed by atoms with van der Waals surface area (Å²) in [5, 5.41) is 8.87. The second-order valence-corrected chi connectivity index (χ2v) is 7.83. The maximum atomic E-state index is 12.5. The average molecular weight is 306 g/mol. The van der Waals surface area contributed by atoms with E-state index in [-0.39, 0.29) is 12.6 Å². The Kier molecular flexibility index (Phi) is 6.41. The van der Waals surface area contributed by atoms with Gasteiger partial charge in [-0.1, -0.05) is 0 Å². The fraction of sp³-hybridized carbons (Fsp3) is 0.667. The SMILES string of the molecule is CC(C)N(CCCO)S(=O)(=O)c1ccc(CCN)s1. The molecule has 1 aromatic rings. The number of aliphatic hydroxyl groups excluding tert-OH is 1. The van der Waals surface area contributed by atoms with Crippen molar-refractivity contribution in [2.24, 2.45) is 5.73 Å². The monoisotopic (exact) mass is 306 g/mol. The van der Waals surface area contributed by atoms with Gasteiger partial charge < -0.3 is 10.8 Å². The first-order valence-electron chi connectivity index (χ1n) is 6.35. The molecular weight excluding hydrogens is 284 g/mol. The maximum Gasteiger partial charge on any atom is 0.252 e. The summed E-state index contributed by atoms with van der Waals surface area (Å²) < 4.78 is 26.8. The van der Waals surface area contributed by atoms with E-state index < -0.39 is 10.0 Å². The molecule has 0 saturated heterocycles. The zero-order valence-corrected chi connectivity index (χ0v) is 13.0. The minimum atomic E-state index is -3.47. The summed E-state index contributed by atoms with van der Waals surface area (Å²) in [6.45, 7) is 4.51. The van der Waals surface area contributed by atoms with E-state index in [1.54, 1.807) is 6.07 Å². The Morgan fingerprint density at radius 2 is 2.11 bits per heavy atom. The molecule has 0 spiro atoms. The van der Waals surface area contributed by atoms with Crippen LogP contribution < -0.4 is 5.73 Å². The van der Waals surface area contributed by atoms with Crippen LogP contribution >= 0.6 is 11.3 Å².